The Kier molecular flexibility index (Phi) is 4.36. The first-order chi connectivity index (χ1) is 9.32. The molecule has 1 fully saturated rings. The molecule has 110 valence electrons. The first-order valence-electron chi connectivity index (χ1n) is 5.97. The number of carboxylic acids is 1. The molecule has 1 atom stereocenters. The Morgan fingerprint density at radius 1 is 1.50 bits per heavy atom. The van der Waals surface area contributed by atoms with E-state index in [1.54, 1.807) is 11.8 Å². The van der Waals surface area contributed by atoms with Crippen LogP contribution in [0.2, 0.25) is 0 Å². The second-order valence-electron chi connectivity index (χ2n) is 4.49. The van der Waals surface area contributed by atoms with Crippen LogP contribution in [0.3, 0.4) is 0 Å². The maximum atomic E-state index is 13.8. The molecule has 0 amide bonds. The zero-order valence-electron chi connectivity index (χ0n) is 10.7. The van der Waals surface area contributed by atoms with Crippen LogP contribution in [0.5, 0.6) is 0 Å². The Morgan fingerprint density at radius 3 is 2.80 bits per heavy atom. The fraction of sp³-hybridized carbons (Fsp3) is 0.417. The highest BCUT2D eigenvalue weighted by molar-refractivity contribution is 8.00. The maximum absolute atomic E-state index is 13.8. The third-order valence-corrected chi connectivity index (χ3v) is 6.02. The molecule has 1 aliphatic heterocycles. The van der Waals surface area contributed by atoms with E-state index in [2.05, 4.69) is 0 Å². The van der Waals surface area contributed by atoms with Crippen molar-refractivity contribution in [2.24, 2.45) is 0 Å². The van der Waals surface area contributed by atoms with Crippen LogP contribution in [0, 0.1) is 5.82 Å². The van der Waals surface area contributed by atoms with Crippen LogP contribution in [-0.4, -0.2) is 47.9 Å². The highest BCUT2D eigenvalue weighted by Gasteiger charge is 2.31. The van der Waals surface area contributed by atoms with E-state index in [1.165, 1.54) is 4.31 Å². The number of carboxylic acid groups (broad SMARTS) is 1. The third kappa shape index (κ3) is 2.97. The minimum absolute atomic E-state index is 0.129. The van der Waals surface area contributed by atoms with Crippen molar-refractivity contribution in [3.05, 3.63) is 29.6 Å². The van der Waals surface area contributed by atoms with Gasteiger partial charge in [0.05, 0.1) is 5.56 Å². The van der Waals surface area contributed by atoms with Gasteiger partial charge in [0.15, 0.2) is 0 Å². The van der Waals surface area contributed by atoms with E-state index in [4.69, 9.17) is 5.11 Å². The Balaban J connectivity index is 2.43. The molecular weight excluding hydrogens is 305 g/mol. The summed E-state index contributed by atoms with van der Waals surface area (Å²) in [7, 11) is -4.00. The number of aromatic carboxylic acids is 1. The molecule has 20 heavy (non-hydrogen) atoms. The summed E-state index contributed by atoms with van der Waals surface area (Å²) in [6, 6.07) is 2.79. The smallest absolute Gasteiger partial charge is 0.335 e. The number of rotatable bonds is 3. The summed E-state index contributed by atoms with van der Waals surface area (Å²) in [5, 5.41) is 9.01. The van der Waals surface area contributed by atoms with E-state index < -0.39 is 26.7 Å². The molecule has 1 heterocycles. The van der Waals surface area contributed by atoms with Gasteiger partial charge in [-0.25, -0.2) is 17.6 Å². The summed E-state index contributed by atoms with van der Waals surface area (Å²) in [6.07, 6.45) is 0. The van der Waals surface area contributed by atoms with Gasteiger partial charge in [0, 0.05) is 24.1 Å². The van der Waals surface area contributed by atoms with E-state index in [1.807, 2.05) is 6.92 Å². The average molecular weight is 319 g/mol. The molecule has 0 bridgehead atoms. The molecule has 0 aliphatic carbocycles. The van der Waals surface area contributed by atoms with Gasteiger partial charge < -0.3 is 5.11 Å². The molecular formula is C12H14FNO4S2. The summed E-state index contributed by atoms with van der Waals surface area (Å²) in [6.45, 7) is 2.49. The normalized spacial score (nSPS) is 20.8. The van der Waals surface area contributed by atoms with Crippen molar-refractivity contribution in [1.82, 2.24) is 4.31 Å². The van der Waals surface area contributed by atoms with Crippen molar-refractivity contribution >= 4 is 27.8 Å². The molecule has 1 aromatic carbocycles. The third-order valence-electron chi connectivity index (χ3n) is 3.00. The molecule has 8 heteroatoms. The highest BCUT2D eigenvalue weighted by atomic mass is 32.2. The van der Waals surface area contributed by atoms with Crippen molar-refractivity contribution < 1.29 is 22.7 Å². The van der Waals surface area contributed by atoms with Gasteiger partial charge in [-0.15, -0.1) is 0 Å². The number of hydrogen-bond acceptors (Lipinski definition) is 4. The van der Waals surface area contributed by atoms with Gasteiger partial charge in [0.2, 0.25) is 10.0 Å². The second kappa shape index (κ2) is 5.71. The van der Waals surface area contributed by atoms with Gasteiger partial charge >= 0.3 is 5.97 Å². The molecule has 0 saturated carbocycles. The topological polar surface area (TPSA) is 74.7 Å². The van der Waals surface area contributed by atoms with E-state index in [0.29, 0.717) is 18.8 Å². The molecule has 1 aliphatic rings. The van der Waals surface area contributed by atoms with E-state index in [9.17, 15) is 17.6 Å². The van der Waals surface area contributed by atoms with E-state index in [-0.39, 0.29) is 10.8 Å². The summed E-state index contributed by atoms with van der Waals surface area (Å²) in [4.78, 5) is 10.3. The summed E-state index contributed by atoms with van der Waals surface area (Å²) >= 11 is 1.65. The van der Waals surface area contributed by atoms with Crippen molar-refractivity contribution in [3.63, 3.8) is 0 Å². The van der Waals surface area contributed by atoms with Gasteiger partial charge in [-0.3, -0.25) is 0 Å². The van der Waals surface area contributed by atoms with Crippen molar-refractivity contribution in [2.75, 3.05) is 18.8 Å². The number of carbonyl (C=O) groups is 1. The van der Waals surface area contributed by atoms with Crippen LogP contribution in [0.4, 0.5) is 4.39 Å². The second-order valence-corrected chi connectivity index (χ2v) is 7.95. The quantitative estimate of drug-likeness (QED) is 0.917. The predicted molar refractivity (Wildman–Crippen MR) is 74.0 cm³/mol. The lowest BCUT2D eigenvalue weighted by atomic mass is 10.2. The molecule has 0 spiro atoms. The molecule has 1 aromatic rings. The van der Waals surface area contributed by atoms with E-state index in [0.717, 1.165) is 18.2 Å². The highest BCUT2D eigenvalue weighted by Crippen LogP contribution is 2.26. The van der Waals surface area contributed by atoms with Crippen LogP contribution in [0.15, 0.2) is 23.1 Å². The van der Waals surface area contributed by atoms with Crippen LogP contribution < -0.4 is 0 Å². The Bertz CT molecular complexity index is 632. The monoisotopic (exact) mass is 319 g/mol. The minimum atomic E-state index is -4.00. The SMILES string of the molecule is CC1CN(S(=O)(=O)c2cc(C(=O)O)ccc2F)CCS1. The van der Waals surface area contributed by atoms with Crippen molar-refractivity contribution in [3.8, 4) is 0 Å². The van der Waals surface area contributed by atoms with Crippen molar-refractivity contribution in [2.45, 2.75) is 17.1 Å². The van der Waals surface area contributed by atoms with E-state index >= 15 is 0 Å². The summed E-state index contributed by atoms with van der Waals surface area (Å²) in [5.74, 6) is -1.58. The van der Waals surface area contributed by atoms with Gasteiger partial charge in [0.25, 0.3) is 0 Å². The lowest BCUT2D eigenvalue weighted by Gasteiger charge is -2.29. The van der Waals surface area contributed by atoms with Crippen LogP contribution >= 0.6 is 11.8 Å². The molecule has 0 aromatic heterocycles. The number of sulfonamides is 1. The zero-order chi connectivity index (χ0) is 14.9. The zero-order valence-corrected chi connectivity index (χ0v) is 12.4. The number of nitrogens with zero attached hydrogens (tertiary/aromatic N) is 1. The summed E-state index contributed by atoms with van der Waals surface area (Å²) in [5.41, 5.74) is -0.246. The van der Waals surface area contributed by atoms with Gasteiger partial charge in [0.1, 0.15) is 10.7 Å². The Hall–Kier alpha value is -1.12. The number of benzene rings is 1. The van der Waals surface area contributed by atoms with Gasteiger partial charge in [-0.05, 0) is 18.2 Å². The van der Waals surface area contributed by atoms with Crippen LogP contribution in [0.1, 0.15) is 17.3 Å². The van der Waals surface area contributed by atoms with Gasteiger partial charge in [-0.1, -0.05) is 6.92 Å². The van der Waals surface area contributed by atoms with Crippen molar-refractivity contribution in [1.29, 1.82) is 0 Å². The standard InChI is InChI=1S/C12H14FNO4S2/c1-8-7-14(4-5-19-8)20(17,18)11-6-9(12(15)16)2-3-10(11)13/h2-3,6,8H,4-5,7H2,1H3,(H,15,16). The number of hydrogen-bond donors (Lipinski definition) is 1. The van der Waals surface area contributed by atoms with Crippen LogP contribution in [-0.2, 0) is 10.0 Å². The fourth-order valence-electron chi connectivity index (χ4n) is 1.98. The average Bonchev–Trinajstić information content (AvgIpc) is 2.38. The predicted octanol–water partition coefficient (Wildman–Crippen LogP) is 1.65. The Morgan fingerprint density at radius 2 is 2.20 bits per heavy atom. The van der Waals surface area contributed by atoms with Gasteiger partial charge in [-0.2, -0.15) is 16.1 Å². The molecule has 2 rings (SSSR count). The van der Waals surface area contributed by atoms with Crippen LogP contribution in [0.25, 0.3) is 0 Å². The minimum Gasteiger partial charge on any atom is -0.478 e. The number of thioether (sulfide) groups is 1. The Labute approximate surface area is 120 Å². The lowest BCUT2D eigenvalue weighted by molar-refractivity contribution is 0.0696. The molecule has 1 unspecified atom stereocenters. The largest absolute Gasteiger partial charge is 0.478 e. The lowest BCUT2D eigenvalue weighted by Crippen LogP contribution is -2.41. The summed E-state index contributed by atoms with van der Waals surface area (Å²) < 4.78 is 39.8. The molecule has 0 radical (unpaired) electrons. The first-order valence-corrected chi connectivity index (χ1v) is 8.46. The molecule has 1 N–H and O–H groups in total. The molecule has 1 saturated heterocycles. The number of halogens is 1. The maximum Gasteiger partial charge on any atom is 0.335 e. The molecule has 5 nitrogen and oxygen atoms in total. The fourth-order valence-corrected chi connectivity index (χ4v) is 4.82. The first kappa shape index (κ1) is 15.3.